The molecule has 1 aromatic rings. The van der Waals surface area contributed by atoms with E-state index in [0.29, 0.717) is 17.4 Å². The third-order valence-electron chi connectivity index (χ3n) is 4.71. The minimum Gasteiger partial charge on any atom is -0.314 e. The first-order valence-electron chi connectivity index (χ1n) is 6.91. The molecule has 0 bridgehead atoms. The fourth-order valence-corrected chi connectivity index (χ4v) is 3.61. The highest BCUT2D eigenvalue weighted by molar-refractivity contribution is 5.26. The minimum absolute atomic E-state index is 0.443. The summed E-state index contributed by atoms with van der Waals surface area (Å²) in [5, 5.41) is 3.65. The molecule has 2 rings (SSSR count). The van der Waals surface area contributed by atoms with Gasteiger partial charge in [0.1, 0.15) is 0 Å². The molecule has 0 spiro atoms. The summed E-state index contributed by atoms with van der Waals surface area (Å²) in [4.78, 5) is 4.27. The maximum atomic E-state index is 4.27. The number of nitrogens with one attached hydrogen (secondary N) is 1. The molecule has 1 fully saturated rings. The van der Waals surface area contributed by atoms with Crippen molar-refractivity contribution in [3.8, 4) is 0 Å². The summed E-state index contributed by atoms with van der Waals surface area (Å²) >= 11 is 0. The molecule has 2 unspecified atom stereocenters. The van der Waals surface area contributed by atoms with Crippen LogP contribution in [0.5, 0.6) is 0 Å². The molecule has 1 saturated carbocycles. The van der Waals surface area contributed by atoms with E-state index in [2.05, 4.69) is 43.2 Å². The van der Waals surface area contributed by atoms with Gasteiger partial charge in [-0.05, 0) is 48.8 Å². The van der Waals surface area contributed by atoms with Crippen LogP contribution in [0.2, 0.25) is 0 Å². The summed E-state index contributed by atoms with van der Waals surface area (Å²) in [6.07, 6.45) is 7.68. The molecule has 1 N–H and O–H groups in total. The van der Waals surface area contributed by atoms with Gasteiger partial charge in [0.15, 0.2) is 0 Å². The Kier molecular flexibility index (Phi) is 3.82. The summed E-state index contributed by atoms with van der Waals surface area (Å²) in [6.45, 7) is 7.94. The van der Waals surface area contributed by atoms with Crippen molar-refractivity contribution in [1.29, 1.82) is 0 Å². The minimum atomic E-state index is 0.443. The fourth-order valence-electron chi connectivity index (χ4n) is 3.61. The SMILES string of the molecule is CCNC1CC(c2cccnc2)C1(CC)CC. The van der Waals surface area contributed by atoms with Gasteiger partial charge >= 0.3 is 0 Å². The van der Waals surface area contributed by atoms with Crippen molar-refractivity contribution in [3.05, 3.63) is 30.1 Å². The molecule has 2 heteroatoms. The standard InChI is InChI=1S/C15H24N2/c1-4-15(5-2)13(10-14(15)17-6-3)12-8-7-9-16-11-12/h7-9,11,13-14,17H,4-6,10H2,1-3H3. The van der Waals surface area contributed by atoms with Crippen molar-refractivity contribution in [2.45, 2.75) is 52.0 Å². The van der Waals surface area contributed by atoms with E-state index >= 15 is 0 Å². The first kappa shape index (κ1) is 12.6. The molecule has 1 aromatic heterocycles. The molecule has 0 amide bonds. The van der Waals surface area contributed by atoms with Crippen LogP contribution in [0.3, 0.4) is 0 Å². The Bertz CT molecular complexity index is 343. The van der Waals surface area contributed by atoms with Crippen molar-refractivity contribution < 1.29 is 0 Å². The Morgan fingerprint density at radius 2 is 2.12 bits per heavy atom. The van der Waals surface area contributed by atoms with E-state index in [9.17, 15) is 0 Å². The number of hydrogen-bond donors (Lipinski definition) is 1. The molecule has 0 aliphatic heterocycles. The molecule has 0 saturated heterocycles. The van der Waals surface area contributed by atoms with Crippen LogP contribution in [0.4, 0.5) is 0 Å². The van der Waals surface area contributed by atoms with Crippen LogP contribution in [-0.4, -0.2) is 17.6 Å². The highest BCUT2D eigenvalue weighted by atomic mass is 15.0. The van der Waals surface area contributed by atoms with Crippen LogP contribution in [-0.2, 0) is 0 Å². The molecule has 94 valence electrons. The second kappa shape index (κ2) is 5.18. The van der Waals surface area contributed by atoms with Crippen molar-refractivity contribution in [2.24, 2.45) is 5.41 Å². The second-order valence-corrected chi connectivity index (χ2v) is 5.13. The monoisotopic (exact) mass is 232 g/mol. The van der Waals surface area contributed by atoms with Crippen molar-refractivity contribution in [1.82, 2.24) is 10.3 Å². The van der Waals surface area contributed by atoms with E-state index in [1.54, 1.807) is 0 Å². The lowest BCUT2D eigenvalue weighted by molar-refractivity contribution is 0.0209. The molecule has 1 aliphatic rings. The zero-order valence-corrected chi connectivity index (χ0v) is 11.2. The predicted octanol–water partition coefficient (Wildman–Crippen LogP) is 3.35. The maximum Gasteiger partial charge on any atom is 0.0302 e. The molecule has 0 radical (unpaired) electrons. The van der Waals surface area contributed by atoms with Crippen LogP contribution in [0.25, 0.3) is 0 Å². The quantitative estimate of drug-likeness (QED) is 0.842. The maximum absolute atomic E-state index is 4.27. The Morgan fingerprint density at radius 3 is 2.65 bits per heavy atom. The highest BCUT2D eigenvalue weighted by Crippen LogP contribution is 2.57. The molecule has 17 heavy (non-hydrogen) atoms. The lowest BCUT2D eigenvalue weighted by Crippen LogP contribution is -2.58. The predicted molar refractivity (Wildman–Crippen MR) is 72.1 cm³/mol. The average Bonchev–Trinajstić information content (AvgIpc) is 2.37. The Hall–Kier alpha value is -0.890. The van der Waals surface area contributed by atoms with Crippen LogP contribution in [0.1, 0.15) is 51.5 Å². The van der Waals surface area contributed by atoms with Crippen LogP contribution < -0.4 is 5.32 Å². The van der Waals surface area contributed by atoms with E-state index in [1.165, 1.54) is 24.8 Å². The summed E-state index contributed by atoms with van der Waals surface area (Å²) < 4.78 is 0. The Labute approximate surface area is 105 Å². The summed E-state index contributed by atoms with van der Waals surface area (Å²) in [6, 6.07) is 4.99. The summed E-state index contributed by atoms with van der Waals surface area (Å²) in [5.74, 6) is 0.690. The zero-order chi connectivity index (χ0) is 12.3. The largest absolute Gasteiger partial charge is 0.314 e. The molecule has 2 nitrogen and oxygen atoms in total. The van der Waals surface area contributed by atoms with Gasteiger partial charge in [0.05, 0.1) is 0 Å². The molecular weight excluding hydrogens is 208 g/mol. The van der Waals surface area contributed by atoms with Crippen LogP contribution in [0, 0.1) is 5.41 Å². The van der Waals surface area contributed by atoms with Gasteiger partial charge in [0.25, 0.3) is 0 Å². The molecule has 2 atom stereocenters. The van der Waals surface area contributed by atoms with Gasteiger partial charge in [-0.1, -0.05) is 26.8 Å². The van der Waals surface area contributed by atoms with Crippen molar-refractivity contribution in [3.63, 3.8) is 0 Å². The van der Waals surface area contributed by atoms with Gasteiger partial charge < -0.3 is 5.32 Å². The number of pyridine rings is 1. The van der Waals surface area contributed by atoms with Gasteiger partial charge in [0, 0.05) is 18.4 Å². The van der Waals surface area contributed by atoms with Gasteiger partial charge in [-0.25, -0.2) is 0 Å². The first-order chi connectivity index (χ1) is 8.28. The topological polar surface area (TPSA) is 24.9 Å². The van der Waals surface area contributed by atoms with Crippen molar-refractivity contribution in [2.75, 3.05) is 6.54 Å². The van der Waals surface area contributed by atoms with Gasteiger partial charge in [-0.15, -0.1) is 0 Å². The molecule has 0 aromatic carbocycles. The third-order valence-corrected chi connectivity index (χ3v) is 4.71. The van der Waals surface area contributed by atoms with E-state index in [-0.39, 0.29) is 0 Å². The Balaban J connectivity index is 2.20. The van der Waals surface area contributed by atoms with Crippen LogP contribution >= 0.6 is 0 Å². The second-order valence-electron chi connectivity index (χ2n) is 5.13. The molecule has 1 aliphatic carbocycles. The lowest BCUT2D eigenvalue weighted by Gasteiger charge is -2.56. The fraction of sp³-hybridized carbons (Fsp3) is 0.667. The third kappa shape index (κ3) is 1.99. The summed E-state index contributed by atoms with van der Waals surface area (Å²) in [5.41, 5.74) is 1.87. The lowest BCUT2D eigenvalue weighted by atomic mass is 9.52. The molecular formula is C15H24N2. The van der Waals surface area contributed by atoms with Gasteiger partial charge in [-0.3, -0.25) is 4.98 Å². The number of rotatable bonds is 5. The molecule has 1 heterocycles. The normalized spacial score (nSPS) is 26.5. The van der Waals surface area contributed by atoms with Gasteiger partial charge in [-0.2, -0.15) is 0 Å². The number of nitrogens with zero attached hydrogens (tertiary/aromatic N) is 1. The highest BCUT2D eigenvalue weighted by Gasteiger charge is 2.52. The van der Waals surface area contributed by atoms with E-state index < -0.39 is 0 Å². The Morgan fingerprint density at radius 1 is 1.35 bits per heavy atom. The van der Waals surface area contributed by atoms with E-state index in [0.717, 1.165) is 6.54 Å². The summed E-state index contributed by atoms with van der Waals surface area (Å²) in [7, 11) is 0. The van der Waals surface area contributed by atoms with E-state index in [1.807, 2.05) is 12.4 Å². The van der Waals surface area contributed by atoms with Gasteiger partial charge in [0.2, 0.25) is 0 Å². The number of aromatic nitrogens is 1. The van der Waals surface area contributed by atoms with E-state index in [4.69, 9.17) is 0 Å². The smallest absolute Gasteiger partial charge is 0.0302 e. The van der Waals surface area contributed by atoms with Crippen LogP contribution in [0.15, 0.2) is 24.5 Å². The van der Waals surface area contributed by atoms with Crippen molar-refractivity contribution >= 4 is 0 Å². The zero-order valence-electron chi connectivity index (χ0n) is 11.2. The average molecular weight is 232 g/mol. The number of hydrogen-bond acceptors (Lipinski definition) is 2. The first-order valence-corrected chi connectivity index (χ1v) is 6.91.